The predicted molar refractivity (Wildman–Crippen MR) is 97.7 cm³/mol. The van der Waals surface area contributed by atoms with E-state index in [9.17, 15) is 22.4 Å². The highest BCUT2D eigenvalue weighted by molar-refractivity contribution is 6.33. The molecule has 1 aromatic carbocycles. The Bertz CT molecular complexity index is 889. The van der Waals surface area contributed by atoms with Gasteiger partial charge in [0.25, 0.3) is 0 Å². The second-order valence-corrected chi connectivity index (χ2v) is 6.98. The number of rotatable bonds is 5. The molecular formula is C18H17ClF4N4O2. The maximum absolute atomic E-state index is 13.4. The molecule has 1 aliphatic carbocycles. The van der Waals surface area contributed by atoms with Crippen molar-refractivity contribution in [2.75, 3.05) is 11.9 Å². The summed E-state index contributed by atoms with van der Waals surface area (Å²) >= 11 is 5.88. The van der Waals surface area contributed by atoms with Crippen LogP contribution >= 0.6 is 11.6 Å². The fourth-order valence-corrected chi connectivity index (χ4v) is 3.17. The monoisotopic (exact) mass is 432 g/mol. The summed E-state index contributed by atoms with van der Waals surface area (Å²) in [4.78, 5) is 18.9. The van der Waals surface area contributed by atoms with Gasteiger partial charge in [-0.05, 0) is 37.0 Å². The standard InChI is InChI=1S/C18H17ClF4N4O2/c19-12-6-5-11(20)7-13(12)26-16-24-9-14(15(27-16)18(21,22)23)29-17(28)25-8-10-3-1-2-4-10/h5-7,9-10H,1-4,8H2,(H,25,28)(H,24,26,27). The van der Waals surface area contributed by atoms with Crippen molar-refractivity contribution in [3.63, 3.8) is 0 Å². The van der Waals surface area contributed by atoms with Crippen molar-refractivity contribution < 1.29 is 27.1 Å². The van der Waals surface area contributed by atoms with Crippen LogP contribution < -0.4 is 15.4 Å². The zero-order chi connectivity index (χ0) is 21.0. The van der Waals surface area contributed by atoms with Gasteiger partial charge in [-0.3, -0.25) is 0 Å². The average molecular weight is 433 g/mol. The van der Waals surface area contributed by atoms with Gasteiger partial charge in [-0.2, -0.15) is 13.2 Å². The van der Waals surface area contributed by atoms with Crippen LogP contribution in [0.1, 0.15) is 31.4 Å². The van der Waals surface area contributed by atoms with Crippen molar-refractivity contribution in [3.8, 4) is 5.75 Å². The molecule has 1 saturated carbocycles. The Labute approximate surface area is 168 Å². The number of carbonyl (C=O) groups is 1. The van der Waals surface area contributed by atoms with E-state index in [1.54, 1.807) is 0 Å². The Balaban J connectivity index is 1.75. The minimum absolute atomic E-state index is 0.0113. The number of ether oxygens (including phenoxy) is 1. The van der Waals surface area contributed by atoms with Gasteiger partial charge in [0.1, 0.15) is 5.82 Å². The van der Waals surface area contributed by atoms with Crippen LogP contribution in [0, 0.1) is 11.7 Å². The van der Waals surface area contributed by atoms with Gasteiger partial charge in [-0.25, -0.2) is 19.2 Å². The lowest BCUT2D eigenvalue weighted by atomic mass is 10.1. The van der Waals surface area contributed by atoms with Gasteiger partial charge >= 0.3 is 12.3 Å². The highest BCUT2D eigenvalue weighted by Crippen LogP contribution is 2.35. The molecule has 1 aliphatic rings. The molecule has 0 spiro atoms. The quantitative estimate of drug-likeness (QED) is 0.626. The van der Waals surface area contributed by atoms with Crippen molar-refractivity contribution in [1.82, 2.24) is 15.3 Å². The van der Waals surface area contributed by atoms with Crippen LogP contribution in [0.4, 0.5) is 34.0 Å². The van der Waals surface area contributed by atoms with E-state index in [4.69, 9.17) is 16.3 Å². The van der Waals surface area contributed by atoms with E-state index in [1.807, 2.05) is 0 Å². The molecule has 0 unspecified atom stereocenters. The van der Waals surface area contributed by atoms with Crippen molar-refractivity contribution >= 4 is 29.3 Å². The number of halogens is 5. The lowest BCUT2D eigenvalue weighted by Crippen LogP contribution is -2.31. The maximum Gasteiger partial charge on any atom is 0.437 e. The first-order chi connectivity index (χ1) is 13.7. The largest absolute Gasteiger partial charge is 0.437 e. The Morgan fingerprint density at radius 3 is 2.69 bits per heavy atom. The second kappa shape index (κ2) is 8.81. The number of hydrogen-bond acceptors (Lipinski definition) is 5. The van der Waals surface area contributed by atoms with Gasteiger partial charge < -0.3 is 15.4 Å². The van der Waals surface area contributed by atoms with Crippen LogP contribution in [-0.4, -0.2) is 22.6 Å². The molecule has 0 aliphatic heterocycles. The van der Waals surface area contributed by atoms with Gasteiger partial charge in [0.2, 0.25) is 5.95 Å². The third kappa shape index (κ3) is 5.69. The fraction of sp³-hybridized carbons (Fsp3) is 0.389. The highest BCUT2D eigenvalue weighted by Gasteiger charge is 2.38. The number of hydrogen-bond donors (Lipinski definition) is 2. The van der Waals surface area contributed by atoms with E-state index in [0.29, 0.717) is 12.5 Å². The molecule has 0 radical (unpaired) electrons. The first-order valence-electron chi connectivity index (χ1n) is 8.84. The first-order valence-corrected chi connectivity index (χ1v) is 9.22. The Kier molecular flexibility index (Phi) is 6.41. The fourth-order valence-electron chi connectivity index (χ4n) is 3.00. The van der Waals surface area contributed by atoms with Gasteiger partial charge in [-0.15, -0.1) is 0 Å². The molecule has 0 saturated heterocycles. The van der Waals surface area contributed by atoms with Gasteiger partial charge in [0.15, 0.2) is 11.4 Å². The third-order valence-corrected chi connectivity index (χ3v) is 4.74. The van der Waals surface area contributed by atoms with Crippen molar-refractivity contribution in [1.29, 1.82) is 0 Å². The zero-order valence-corrected chi connectivity index (χ0v) is 15.8. The number of amides is 1. The number of anilines is 2. The first kappa shape index (κ1) is 21.1. The minimum Gasteiger partial charge on any atom is -0.406 e. The Hall–Kier alpha value is -2.62. The summed E-state index contributed by atoms with van der Waals surface area (Å²) in [7, 11) is 0. The van der Waals surface area contributed by atoms with Gasteiger partial charge in [0.05, 0.1) is 16.9 Å². The normalized spacial score (nSPS) is 14.7. The van der Waals surface area contributed by atoms with Crippen LogP contribution in [0.2, 0.25) is 5.02 Å². The van der Waals surface area contributed by atoms with E-state index < -0.39 is 35.5 Å². The molecule has 1 amide bonds. The molecule has 0 bridgehead atoms. The van der Waals surface area contributed by atoms with Crippen LogP contribution in [0.25, 0.3) is 0 Å². The number of nitrogens with one attached hydrogen (secondary N) is 2. The van der Waals surface area contributed by atoms with E-state index in [-0.39, 0.29) is 10.7 Å². The average Bonchev–Trinajstić information content (AvgIpc) is 3.17. The highest BCUT2D eigenvalue weighted by atomic mass is 35.5. The summed E-state index contributed by atoms with van der Waals surface area (Å²) in [5, 5.41) is 4.94. The van der Waals surface area contributed by atoms with E-state index in [2.05, 4.69) is 20.6 Å². The number of aromatic nitrogens is 2. The molecule has 2 aromatic rings. The molecule has 2 N–H and O–H groups in total. The molecule has 0 atom stereocenters. The summed E-state index contributed by atoms with van der Waals surface area (Å²) in [6.45, 7) is 0.332. The van der Waals surface area contributed by atoms with Crippen LogP contribution in [0.5, 0.6) is 5.75 Å². The molecule has 1 fully saturated rings. The van der Waals surface area contributed by atoms with Crippen LogP contribution in [-0.2, 0) is 6.18 Å². The predicted octanol–water partition coefficient (Wildman–Crippen LogP) is 5.31. The minimum atomic E-state index is -4.91. The molecule has 11 heteroatoms. The lowest BCUT2D eigenvalue weighted by molar-refractivity contribution is -0.142. The smallest absolute Gasteiger partial charge is 0.406 e. The summed E-state index contributed by atoms with van der Waals surface area (Å²) in [6.07, 6.45) is -1.15. The summed E-state index contributed by atoms with van der Waals surface area (Å²) in [6, 6.07) is 3.31. The molecule has 29 heavy (non-hydrogen) atoms. The number of carbonyl (C=O) groups excluding carboxylic acids is 1. The molecule has 1 aromatic heterocycles. The molecule has 1 heterocycles. The molecule has 156 valence electrons. The molecule has 3 rings (SSSR count). The zero-order valence-electron chi connectivity index (χ0n) is 15.0. The Morgan fingerprint density at radius 1 is 1.28 bits per heavy atom. The number of benzene rings is 1. The SMILES string of the molecule is O=C(NCC1CCCC1)Oc1cnc(Nc2cc(F)ccc2Cl)nc1C(F)(F)F. The second-order valence-electron chi connectivity index (χ2n) is 6.57. The van der Waals surface area contributed by atoms with Crippen LogP contribution in [0.15, 0.2) is 24.4 Å². The molecular weight excluding hydrogens is 416 g/mol. The topological polar surface area (TPSA) is 76.1 Å². The lowest BCUT2D eigenvalue weighted by Gasteiger charge is -2.15. The summed E-state index contributed by atoms with van der Waals surface area (Å²) < 4.78 is 58.2. The summed E-state index contributed by atoms with van der Waals surface area (Å²) in [5.74, 6) is -1.67. The third-order valence-electron chi connectivity index (χ3n) is 4.41. The van der Waals surface area contributed by atoms with Gasteiger partial charge in [0, 0.05) is 6.54 Å². The maximum atomic E-state index is 13.4. The van der Waals surface area contributed by atoms with E-state index in [1.165, 1.54) is 6.07 Å². The van der Waals surface area contributed by atoms with Crippen LogP contribution in [0.3, 0.4) is 0 Å². The van der Waals surface area contributed by atoms with E-state index >= 15 is 0 Å². The number of nitrogens with zero attached hydrogens (tertiary/aromatic N) is 2. The Morgan fingerprint density at radius 2 is 2.00 bits per heavy atom. The number of alkyl halides is 3. The van der Waals surface area contributed by atoms with Crippen molar-refractivity contribution in [2.24, 2.45) is 5.92 Å². The van der Waals surface area contributed by atoms with Crippen molar-refractivity contribution in [2.45, 2.75) is 31.9 Å². The van der Waals surface area contributed by atoms with Crippen molar-refractivity contribution in [3.05, 3.63) is 40.9 Å². The molecule has 6 nitrogen and oxygen atoms in total. The van der Waals surface area contributed by atoms with Gasteiger partial charge in [-0.1, -0.05) is 24.4 Å². The summed E-state index contributed by atoms with van der Waals surface area (Å²) in [5.41, 5.74) is -1.46. The van der Waals surface area contributed by atoms with E-state index in [0.717, 1.165) is 44.0 Å².